The van der Waals surface area contributed by atoms with Crippen molar-refractivity contribution in [3.63, 3.8) is 0 Å². The number of fused-ring (bicyclic) bond motifs is 3. The molecule has 0 saturated carbocycles. The molecule has 2 aliphatic rings. The third-order valence-corrected chi connectivity index (χ3v) is 11.2. The normalized spacial score (nSPS) is 22.7. The van der Waals surface area contributed by atoms with E-state index < -0.39 is 89.4 Å². The van der Waals surface area contributed by atoms with Crippen molar-refractivity contribution in [1.82, 2.24) is 0 Å². The molecule has 2 aliphatic heterocycles. The minimum atomic E-state index is -4.82. The van der Waals surface area contributed by atoms with Crippen molar-refractivity contribution in [2.24, 2.45) is 5.92 Å². The lowest BCUT2D eigenvalue weighted by molar-refractivity contribution is -0.0793. The first-order valence-corrected chi connectivity index (χ1v) is 15.2. The average Bonchev–Trinajstić information content (AvgIpc) is 2.90. The van der Waals surface area contributed by atoms with Gasteiger partial charge in [0.25, 0.3) is 10.1 Å². The van der Waals surface area contributed by atoms with E-state index in [0.717, 1.165) is 17.7 Å². The van der Waals surface area contributed by atoms with Crippen LogP contribution in [0.1, 0.15) is 24.0 Å². The topological polar surface area (TPSA) is 96.0 Å². The van der Waals surface area contributed by atoms with Crippen molar-refractivity contribution < 1.29 is 48.1 Å². The number of ether oxygens (including phenoxy) is 2. The maximum atomic E-state index is 15.4. The van der Waals surface area contributed by atoms with Crippen LogP contribution in [-0.2, 0) is 33.6 Å². The molecular weight excluding hydrogens is 576 g/mol. The van der Waals surface area contributed by atoms with Crippen molar-refractivity contribution in [1.29, 1.82) is 0 Å². The van der Waals surface area contributed by atoms with Crippen molar-refractivity contribution in [3.05, 3.63) is 89.0 Å². The maximum absolute atomic E-state index is 15.4. The van der Waals surface area contributed by atoms with E-state index >= 15 is 4.39 Å². The van der Waals surface area contributed by atoms with E-state index in [4.69, 9.17) is 13.7 Å². The van der Waals surface area contributed by atoms with Gasteiger partial charge in [-0.05, 0) is 56.2 Å². The largest absolute Gasteiger partial charge is 0.490 e. The average molecular weight is 601 g/mol. The van der Waals surface area contributed by atoms with Gasteiger partial charge in [-0.25, -0.2) is 26.0 Å². The Morgan fingerprint density at radius 1 is 0.900 bits per heavy atom. The third kappa shape index (κ3) is 4.78. The molecule has 0 aromatic heterocycles. The molecule has 3 aromatic carbocycles. The van der Waals surface area contributed by atoms with E-state index in [-0.39, 0.29) is 24.3 Å². The smallest absolute Gasteiger partial charge is 0.296 e. The van der Waals surface area contributed by atoms with E-state index in [1.807, 2.05) is 0 Å². The third-order valence-electron chi connectivity index (χ3n) is 7.32. The molecule has 7 nitrogen and oxygen atoms in total. The second-order valence-electron chi connectivity index (χ2n) is 9.69. The lowest BCUT2D eigenvalue weighted by Gasteiger charge is -2.50. The predicted molar refractivity (Wildman–Crippen MR) is 134 cm³/mol. The minimum Gasteiger partial charge on any atom is -0.490 e. The number of halogens is 4. The fourth-order valence-electron chi connectivity index (χ4n) is 5.45. The summed E-state index contributed by atoms with van der Waals surface area (Å²) in [5.74, 6) is -6.26. The Morgan fingerprint density at radius 3 is 2.23 bits per heavy atom. The zero-order valence-electron chi connectivity index (χ0n) is 21.1. The van der Waals surface area contributed by atoms with Gasteiger partial charge in [-0.1, -0.05) is 17.7 Å². The molecule has 2 heterocycles. The van der Waals surface area contributed by atoms with Crippen LogP contribution in [0.15, 0.2) is 64.4 Å². The molecule has 3 aromatic rings. The number of sulfone groups is 1. The van der Waals surface area contributed by atoms with E-state index in [2.05, 4.69) is 0 Å². The van der Waals surface area contributed by atoms with E-state index in [0.29, 0.717) is 18.2 Å². The van der Waals surface area contributed by atoms with Crippen molar-refractivity contribution in [2.45, 2.75) is 40.4 Å². The van der Waals surface area contributed by atoms with Gasteiger partial charge in [-0.2, -0.15) is 8.42 Å². The minimum absolute atomic E-state index is 0.0832. The van der Waals surface area contributed by atoms with Gasteiger partial charge >= 0.3 is 0 Å². The summed E-state index contributed by atoms with van der Waals surface area (Å²) in [6.07, 6.45) is -1.61. The summed E-state index contributed by atoms with van der Waals surface area (Å²) in [4.78, 5) is -0.842. The van der Waals surface area contributed by atoms with E-state index in [1.54, 1.807) is 19.1 Å². The van der Waals surface area contributed by atoms with Crippen molar-refractivity contribution in [3.8, 4) is 5.75 Å². The van der Waals surface area contributed by atoms with Crippen LogP contribution >= 0.6 is 0 Å². The molecule has 1 fully saturated rings. The van der Waals surface area contributed by atoms with Gasteiger partial charge in [0.2, 0.25) is 0 Å². The Bertz CT molecular complexity index is 1640. The number of hydrogen-bond donors (Lipinski definition) is 0. The molecule has 0 amide bonds. The maximum Gasteiger partial charge on any atom is 0.296 e. The molecular formula is C27H24F4O7S2. The van der Waals surface area contributed by atoms with Gasteiger partial charge < -0.3 is 9.47 Å². The fourth-order valence-corrected chi connectivity index (χ4v) is 8.76. The molecule has 214 valence electrons. The quantitative estimate of drug-likeness (QED) is 0.284. The Labute approximate surface area is 228 Å². The molecule has 3 atom stereocenters. The molecule has 0 aliphatic carbocycles. The standard InChI is InChI=1S/C27H24F4O7S2/c1-16-2-4-19(5-3-16)40(34,35)38-10-8-24-21-15-37-26-23(31)7-6-22(30)25(26)27(21,9-11-36-24)39(32,33)20-13-17(28)12-18(29)14-20/h2-7,12-14,21,24H,8-11,15H2,1H3/t21-,24-,27-/m0/s1. The van der Waals surface area contributed by atoms with E-state index in [1.165, 1.54) is 12.1 Å². The molecule has 1 saturated heterocycles. The predicted octanol–water partition coefficient (Wildman–Crippen LogP) is 4.81. The summed E-state index contributed by atoms with van der Waals surface area (Å²) in [6, 6.07) is 9.20. The van der Waals surface area contributed by atoms with Gasteiger partial charge in [-0.3, -0.25) is 4.18 Å². The van der Waals surface area contributed by atoms with Crippen LogP contribution in [0.4, 0.5) is 17.6 Å². The zero-order chi connectivity index (χ0) is 28.9. The highest BCUT2D eigenvalue weighted by Crippen LogP contribution is 2.56. The van der Waals surface area contributed by atoms with Crippen molar-refractivity contribution >= 4 is 20.0 Å². The van der Waals surface area contributed by atoms with Crippen LogP contribution in [0, 0.1) is 36.1 Å². The highest BCUT2D eigenvalue weighted by molar-refractivity contribution is 7.92. The number of aryl methyl sites for hydroxylation is 1. The second kappa shape index (κ2) is 10.4. The summed E-state index contributed by atoms with van der Waals surface area (Å²) in [7, 11) is -8.98. The summed E-state index contributed by atoms with van der Waals surface area (Å²) in [6.45, 7) is 0.633. The Kier molecular flexibility index (Phi) is 7.44. The summed E-state index contributed by atoms with van der Waals surface area (Å²) >= 11 is 0. The van der Waals surface area contributed by atoms with Gasteiger partial charge in [0, 0.05) is 18.6 Å². The summed E-state index contributed by atoms with van der Waals surface area (Å²) in [5, 5.41) is 0. The van der Waals surface area contributed by atoms with Gasteiger partial charge in [0.1, 0.15) is 22.2 Å². The molecule has 0 unspecified atom stereocenters. The van der Waals surface area contributed by atoms with Crippen LogP contribution in [0.2, 0.25) is 0 Å². The van der Waals surface area contributed by atoms with Crippen LogP contribution in [0.25, 0.3) is 0 Å². The molecule has 13 heteroatoms. The SMILES string of the molecule is Cc1ccc(S(=O)(=O)OCC[C@@H]2OCC[C@@]3(S(=O)(=O)c4cc(F)cc(F)c4)c4c(F)ccc(F)c4OC[C@@H]23)cc1. The molecule has 0 bridgehead atoms. The summed E-state index contributed by atoms with van der Waals surface area (Å²) in [5.41, 5.74) is 0.237. The molecule has 40 heavy (non-hydrogen) atoms. The van der Waals surface area contributed by atoms with Crippen LogP contribution in [-0.4, -0.2) is 42.8 Å². The van der Waals surface area contributed by atoms with Crippen LogP contribution in [0.3, 0.4) is 0 Å². The fraction of sp³-hybridized carbons (Fsp3) is 0.333. The van der Waals surface area contributed by atoms with Gasteiger partial charge in [0.05, 0.1) is 34.7 Å². The van der Waals surface area contributed by atoms with Crippen LogP contribution in [0.5, 0.6) is 5.75 Å². The number of benzene rings is 3. The first-order chi connectivity index (χ1) is 18.9. The van der Waals surface area contributed by atoms with E-state index in [9.17, 15) is 30.0 Å². The highest BCUT2D eigenvalue weighted by Gasteiger charge is 2.61. The molecule has 5 rings (SSSR count). The lowest BCUT2D eigenvalue weighted by Crippen LogP contribution is -2.57. The second-order valence-corrected chi connectivity index (χ2v) is 13.5. The highest BCUT2D eigenvalue weighted by atomic mass is 32.2. The molecule has 0 radical (unpaired) electrons. The summed E-state index contributed by atoms with van der Waals surface area (Å²) < 4.78 is 126. The van der Waals surface area contributed by atoms with Crippen molar-refractivity contribution in [2.75, 3.05) is 19.8 Å². The lowest BCUT2D eigenvalue weighted by atomic mass is 9.75. The van der Waals surface area contributed by atoms with Gasteiger partial charge in [0.15, 0.2) is 21.4 Å². The molecule has 0 spiro atoms. The molecule has 0 N–H and O–H groups in total. The first-order valence-electron chi connectivity index (χ1n) is 12.3. The van der Waals surface area contributed by atoms with Gasteiger partial charge in [-0.15, -0.1) is 0 Å². The van der Waals surface area contributed by atoms with Crippen LogP contribution < -0.4 is 4.74 Å². The first kappa shape index (κ1) is 28.5. The Balaban J connectivity index is 1.54. The number of rotatable bonds is 7. The Morgan fingerprint density at radius 2 is 1.55 bits per heavy atom. The zero-order valence-corrected chi connectivity index (χ0v) is 22.7. The number of hydrogen-bond acceptors (Lipinski definition) is 7. The monoisotopic (exact) mass is 600 g/mol. The Hall–Kier alpha value is -3.00.